The Morgan fingerprint density at radius 3 is 2.52 bits per heavy atom. The van der Waals surface area contributed by atoms with E-state index < -0.39 is 29.2 Å². The number of alkyl halides is 3. The number of carbonyl (C=O) groups is 2. The number of halogens is 3. The summed E-state index contributed by atoms with van der Waals surface area (Å²) in [7, 11) is 0. The van der Waals surface area contributed by atoms with E-state index in [0.29, 0.717) is 12.1 Å². The lowest BCUT2D eigenvalue weighted by Crippen LogP contribution is -2.15. The zero-order valence-electron chi connectivity index (χ0n) is 10.2. The smallest absolute Gasteiger partial charge is 0.416 e. The number of H-pyrrole nitrogens is 1. The van der Waals surface area contributed by atoms with E-state index in [2.05, 4.69) is 15.5 Å². The number of carboxylic acid groups (broad SMARTS) is 1. The minimum atomic E-state index is -4.67. The van der Waals surface area contributed by atoms with Crippen molar-refractivity contribution in [1.29, 1.82) is 0 Å². The fraction of sp³-hybridized carbons (Fsp3) is 0.0833. The van der Waals surface area contributed by atoms with Crippen LogP contribution in [0.1, 0.15) is 26.3 Å². The average Bonchev–Trinajstić information content (AvgIpc) is 2.91. The molecule has 0 radical (unpaired) electrons. The molecule has 6 nitrogen and oxygen atoms in total. The highest BCUT2D eigenvalue weighted by atomic mass is 19.4. The summed E-state index contributed by atoms with van der Waals surface area (Å²) in [6.07, 6.45) is -2.21. The number of nitrogens with one attached hydrogen (secondary N) is 2. The first-order chi connectivity index (χ1) is 9.79. The predicted octanol–water partition coefficient (Wildman–Crippen LogP) is 2.38. The Labute approximate surface area is 115 Å². The summed E-state index contributed by atoms with van der Waals surface area (Å²) in [5, 5.41) is 17.1. The van der Waals surface area contributed by atoms with E-state index in [1.807, 2.05) is 0 Å². The Kier molecular flexibility index (Phi) is 3.66. The Morgan fingerprint density at radius 1 is 1.29 bits per heavy atom. The quantitative estimate of drug-likeness (QED) is 0.811. The van der Waals surface area contributed by atoms with Gasteiger partial charge in [-0.3, -0.25) is 9.89 Å². The standard InChI is InChI=1S/C12H8F3N3O3/c13-12(14,15)7-1-2-9(8(3-7)11(20)21)18-10(19)6-4-16-17-5-6/h1-5H,(H,16,17)(H,18,19)(H,20,21). The molecule has 110 valence electrons. The number of aromatic nitrogens is 2. The van der Waals surface area contributed by atoms with Gasteiger partial charge < -0.3 is 10.4 Å². The van der Waals surface area contributed by atoms with Crippen LogP contribution in [0.3, 0.4) is 0 Å². The normalized spacial score (nSPS) is 11.2. The molecule has 1 amide bonds. The van der Waals surface area contributed by atoms with Gasteiger partial charge in [0.2, 0.25) is 0 Å². The van der Waals surface area contributed by atoms with Crippen molar-refractivity contribution in [3.8, 4) is 0 Å². The largest absolute Gasteiger partial charge is 0.478 e. The zero-order valence-corrected chi connectivity index (χ0v) is 10.2. The molecule has 1 heterocycles. The van der Waals surface area contributed by atoms with Crippen molar-refractivity contribution in [2.45, 2.75) is 6.18 Å². The van der Waals surface area contributed by atoms with Crippen LogP contribution >= 0.6 is 0 Å². The minimum absolute atomic E-state index is 0.117. The third-order valence-corrected chi connectivity index (χ3v) is 2.59. The van der Waals surface area contributed by atoms with Crippen molar-refractivity contribution in [3.63, 3.8) is 0 Å². The van der Waals surface area contributed by atoms with Gasteiger partial charge in [0, 0.05) is 6.20 Å². The second kappa shape index (κ2) is 5.27. The maximum absolute atomic E-state index is 12.6. The number of aromatic carboxylic acids is 1. The van der Waals surface area contributed by atoms with Crippen molar-refractivity contribution in [2.24, 2.45) is 0 Å². The molecule has 0 bridgehead atoms. The number of anilines is 1. The van der Waals surface area contributed by atoms with Gasteiger partial charge in [-0.2, -0.15) is 18.3 Å². The highest BCUT2D eigenvalue weighted by Gasteiger charge is 2.32. The van der Waals surface area contributed by atoms with E-state index in [1.54, 1.807) is 0 Å². The third-order valence-electron chi connectivity index (χ3n) is 2.59. The molecule has 0 atom stereocenters. The molecule has 0 saturated heterocycles. The molecule has 2 aromatic rings. The Balaban J connectivity index is 2.35. The molecule has 0 fully saturated rings. The molecule has 0 spiro atoms. The SMILES string of the molecule is O=C(Nc1ccc(C(F)(F)F)cc1C(=O)O)c1cn[nH]c1. The van der Waals surface area contributed by atoms with Crippen LogP contribution in [-0.2, 0) is 6.18 Å². The third kappa shape index (κ3) is 3.19. The van der Waals surface area contributed by atoms with E-state index in [0.717, 1.165) is 6.07 Å². The molecule has 1 aromatic heterocycles. The lowest BCUT2D eigenvalue weighted by Gasteiger charge is -2.11. The van der Waals surface area contributed by atoms with Gasteiger partial charge in [0.15, 0.2) is 0 Å². The number of rotatable bonds is 3. The monoisotopic (exact) mass is 299 g/mol. The molecule has 0 aliphatic heterocycles. The fourth-order valence-electron chi connectivity index (χ4n) is 1.58. The highest BCUT2D eigenvalue weighted by Crippen LogP contribution is 2.32. The van der Waals surface area contributed by atoms with Gasteiger partial charge >= 0.3 is 12.1 Å². The Morgan fingerprint density at radius 2 is 2.00 bits per heavy atom. The maximum Gasteiger partial charge on any atom is 0.416 e. The topological polar surface area (TPSA) is 95.1 Å². The summed E-state index contributed by atoms with van der Waals surface area (Å²) in [6.45, 7) is 0. The molecule has 0 unspecified atom stereocenters. The minimum Gasteiger partial charge on any atom is -0.478 e. The highest BCUT2D eigenvalue weighted by molar-refractivity contribution is 6.07. The van der Waals surface area contributed by atoms with E-state index >= 15 is 0 Å². The number of amides is 1. The number of hydrogen-bond acceptors (Lipinski definition) is 3. The summed E-state index contributed by atoms with van der Waals surface area (Å²) in [5.41, 5.74) is -1.88. The van der Waals surface area contributed by atoms with E-state index in [4.69, 9.17) is 5.11 Å². The summed E-state index contributed by atoms with van der Waals surface area (Å²) < 4.78 is 37.7. The summed E-state index contributed by atoms with van der Waals surface area (Å²) in [5.74, 6) is -2.27. The van der Waals surface area contributed by atoms with Crippen LogP contribution < -0.4 is 5.32 Å². The molecule has 0 aliphatic carbocycles. The molecule has 3 N–H and O–H groups in total. The molecule has 0 aliphatic rings. The first-order valence-corrected chi connectivity index (χ1v) is 5.53. The summed E-state index contributed by atoms with van der Waals surface area (Å²) >= 11 is 0. The van der Waals surface area contributed by atoms with E-state index in [1.165, 1.54) is 12.4 Å². The molecule has 9 heteroatoms. The fourth-order valence-corrected chi connectivity index (χ4v) is 1.58. The number of benzene rings is 1. The van der Waals surface area contributed by atoms with Gasteiger partial charge in [-0.25, -0.2) is 4.79 Å². The zero-order chi connectivity index (χ0) is 15.6. The number of carbonyl (C=O) groups excluding carboxylic acids is 1. The van der Waals surface area contributed by atoms with Gasteiger partial charge in [0.1, 0.15) is 0 Å². The second-order valence-corrected chi connectivity index (χ2v) is 4.00. The van der Waals surface area contributed by atoms with Gasteiger partial charge in [-0.15, -0.1) is 0 Å². The summed E-state index contributed by atoms with van der Waals surface area (Å²) in [4.78, 5) is 22.8. The van der Waals surface area contributed by atoms with Crippen LogP contribution in [0.15, 0.2) is 30.6 Å². The van der Waals surface area contributed by atoms with Crippen molar-refractivity contribution in [1.82, 2.24) is 10.2 Å². The first kappa shape index (κ1) is 14.6. The van der Waals surface area contributed by atoms with E-state index in [9.17, 15) is 22.8 Å². The van der Waals surface area contributed by atoms with Crippen molar-refractivity contribution in [3.05, 3.63) is 47.3 Å². The van der Waals surface area contributed by atoms with Gasteiger partial charge in [0.05, 0.1) is 28.6 Å². The van der Waals surface area contributed by atoms with Crippen molar-refractivity contribution >= 4 is 17.6 Å². The molecular formula is C12H8F3N3O3. The van der Waals surface area contributed by atoms with Crippen LogP contribution in [-0.4, -0.2) is 27.2 Å². The van der Waals surface area contributed by atoms with Gasteiger partial charge in [0.25, 0.3) is 5.91 Å². The van der Waals surface area contributed by atoms with Crippen LogP contribution in [0.2, 0.25) is 0 Å². The summed E-state index contributed by atoms with van der Waals surface area (Å²) in [6, 6.07) is 2.05. The van der Waals surface area contributed by atoms with Gasteiger partial charge in [-0.05, 0) is 18.2 Å². The number of hydrogen-bond donors (Lipinski definition) is 3. The van der Waals surface area contributed by atoms with Crippen LogP contribution in [0, 0.1) is 0 Å². The van der Waals surface area contributed by atoms with E-state index in [-0.39, 0.29) is 11.3 Å². The number of aromatic amines is 1. The lowest BCUT2D eigenvalue weighted by atomic mass is 10.1. The first-order valence-electron chi connectivity index (χ1n) is 5.53. The van der Waals surface area contributed by atoms with Crippen LogP contribution in [0.25, 0.3) is 0 Å². The second-order valence-electron chi connectivity index (χ2n) is 4.00. The molecule has 0 saturated carbocycles. The predicted molar refractivity (Wildman–Crippen MR) is 64.9 cm³/mol. The Hall–Kier alpha value is -2.84. The van der Waals surface area contributed by atoms with Gasteiger partial charge in [-0.1, -0.05) is 0 Å². The Bertz CT molecular complexity index is 681. The molecule has 2 rings (SSSR count). The average molecular weight is 299 g/mol. The number of nitrogens with zero attached hydrogens (tertiary/aromatic N) is 1. The lowest BCUT2D eigenvalue weighted by molar-refractivity contribution is -0.137. The van der Waals surface area contributed by atoms with Crippen LogP contribution in [0.5, 0.6) is 0 Å². The number of carboxylic acids is 1. The van der Waals surface area contributed by atoms with Crippen molar-refractivity contribution < 1.29 is 27.9 Å². The van der Waals surface area contributed by atoms with Crippen LogP contribution in [0.4, 0.5) is 18.9 Å². The molecule has 1 aromatic carbocycles. The molecular weight excluding hydrogens is 291 g/mol. The molecule has 21 heavy (non-hydrogen) atoms. The van der Waals surface area contributed by atoms with Crippen molar-refractivity contribution in [2.75, 3.05) is 5.32 Å². The maximum atomic E-state index is 12.6.